The van der Waals surface area contributed by atoms with Crippen LogP contribution in [0.25, 0.3) is 92.3 Å². The second kappa shape index (κ2) is 13.7. The summed E-state index contributed by atoms with van der Waals surface area (Å²) >= 11 is 1.86. The predicted octanol–water partition coefficient (Wildman–Crippen LogP) is 16.5. The standard InChI is InChI=1S/C56H37NOS/c1-2-13-42(14-3-1)57(43-28-23-37(24-29-43)40-27-32-54-51(34-40)47-16-8-9-20-53(47)59-54)44-30-25-38(26-31-44)45-18-10-19-49-52-35-50(41-22-21-36-11-4-5-12-39(36)33-41)46-15-6-7-17-48(46)56(52)58-55(45)49/h1-3,5-10,12-35H,4,11H2. The molecule has 0 atom stereocenters. The molecule has 59 heavy (non-hydrogen) atoms. The molecular formula is C56H37NOS. The Morgan fingerprint density at radius 2 is 1.05 bits per heavy atom. The Labute approximate surface area is 346 Å². The molecule has 0 saturated carbocycles. The van der Waals surface area contributed by atoms with Gasteiger partial charge in [-0.1, -0.05) is 133 Å². The summed E-state index contributed by atoms with van der Waals surface area (Å²) in [6.45, 7) is 0. The maximum Gasteiger partial charge on any atom is 0.143 e. The van der Waals surface area contributed by atoms with Crippen molar-refractivity contribution in [1.29, 1.82) is 0 Å². The lowest BCUT2D eigenvalue weighted by Gasteiger charge is -2.26. The van der Waals surface area contributed by atoms with E-state index in [-0.39, 0.29) is 0 Å². The third-order valence-corrected chi connectivity index (χ3v) is 13.3. The summed E-state index contributed by atoms with van der Waals surface area (Å²) in [5.41, 5.74) is 15.0. The number of hydrogen-bond donors (Lipinski definition) is 0. The van der Waals surface area contributed by atoms with Crippen molar-refractivity contribution in [3.05, 3.63) is 205 Å². The number of furan rings is 1. The van der Waals surface area contributed by atoms with E-state index in [0.717, 1.165) is 68.4 Å². The topological polar surface area (TPSA) is 16.4 Å². The van der Waals surface area contributed by atoms with E-state index in [1.807, 2.05) is 11.3 Å². The Kier molecular flexibility index (Phi) is 7.89. The molecule has 1 aliphatic carbocycles. The van der Waals surface area contributed by atoms with Crippen LogP contribution >= 0.6 is 11.3 Å². The van der Waals surface area contributed by atoms with Crippen LogP contribution in [0.2, 0.25) is 0 Å². The van der Waals surface area contributed by atoms with Crippen molar-refractivity contribution < 1.29 is 4.42 Å². The Balaban J connectivity index is 0.922. The molecule has 0 N–H and O–H groups in total. The molecule has 0 unspecified atom stereocenters. The quantitative estimate of drug-likeness (QED) is 0.167. The number of hydrogen-bond acceptors (Lipinski definition) is 3. The fourth-order valence-corrected chi connectivity index (χ4v) is 10.3. The van der Waals surface area contributed by atoms with Gasteiger partial charge >= 0.3 is 0 Å². The van der Waals surface area contributed by atoms with Crippen molar-refractivity contribution in [3.8, 4) is 33.4 Å². The molecule has 2 heterocycles. The molecule has 3 heteroatoms. The fourth-order valence-electron chi connectivity index (χ4n) is 9.20. The van der Waals surface area contributed by atoms with Gasteiger partial charge in [-0.15, -0.1) is 11.3 Å². The molecule has 0 bridgehead atoms. The monoisotopic (exact) mass is 771 g/mol. The maximum absolute atomic E-state index is 6.92. The van der Waals surface area contributed by atoms with Crippen molar-refractivity contribution in [2.75, 3.05) is 4.90 Å². The third kappa shape index (κ3) is 5.69. The highest BCUT2D eigenvalue weighted by Gasteiger charge is 2.19. The fraction of sp³-hybridized carbons (Fsp3) is 0.0357. The van der Waals surface area contributed by atoms with Gasteiger partial charge in [0.05, 0.1) is 0 Å². The maximum atomic E-state index is 6.92. The minimum atomic E-state index is 0.912. The highest BCUT2D eigenvalue weighted by atomic mass is 32.1. The second-order valence-corrected chi connectivity index (χ2v) is 16.6. The third-order valence-electron chi connectivity index (χ3n) is 12.1. The van der Waals surface area contributed by atoms with Gasteiger partial charge in [-0.3, -0.25) is 0 Å². The van der Waals surface area contributed by atoms with Gasteiger partial charge in [-0.25, -0.2) is 0 Å². The van der Waals surface area contributed by atoms with E-state index >= 15 is 0 Å². The van der Waals surface area contributed by atoms with Crippen LogP contribution in [0, 0.1) is 0 Å². The number of allylic oxidation sites excluding steroid dienone is 1. The van der Waals surface area contributed by atoms with Crippen LogP contribution in [0.15, 0.2) is 199 Å². The molecule has 11 aromatic rings. The first-order chi connectivity index (χ1) is 29.2. The summed E-state index contributed by atoms with van der Waals surface area (Å²) in [5.74, 6) is 0. The van der Waals surface area contributed by atoms with Gasteiger partial charge in [-0.2, -0.15) is 0 Å². The van der Waals surface area contributed by atoms with Crippen LogP contribution in [0.5, 0.6) is 0 Å². The molecule has 9 aromatic carbocycles. The Morgan fingerprint density at radius 3 is 1.88 bits per heavy atom. The molecule has 0 radical (unpaired) electrons. The van der Waals surface area contributed by atoms with Gasteiger partial charge in [0.1, 0.15) is 11.2 Å². The number of para-hydroxylation sites is 2. The SMILES string of the molecule is C1=Cc2cc(-c3cc4c5cccc(-c6ccc(N(c7ccccc7)c7ccc(-c8ccc9sc%10ccccc%10c9c8)cc7)cc6)c5oc4c4ccccc34)ccc2CC1. The van der Waals surface area contributed by atoms with Crippen LogP contribution in [0.1, 0.15) is 17.5 Å². The molecule has 2 aromatic heterocycles. The van der Waals surface area contributed by atoms with E-state index in [1.54, 1.807) is 0 Å². The number of thiophene rings is 1. The Morgan fingerprint density at radius 1 is 0.407 bits per heavy atom. The number of benzene rings is 9. The van der Waals surface area contributed by atoms with E-state index < -0.39 is 0 Å². The number of fused-ring (bicyclic) bond motifs is 9. The van der Waals surface area contributed by atoms with Crippen LogP contribution in [0.3, 0.4) is 0 Å². The van der Waals surface area contributed by atoms with Gasteiger partial charge < -0.3 is 9.32 Å². The first-order valence-corrected chi connectivity index (χ1v) is 21.2. The average Bonchev–Trinajstić information content (AvgIpc) is 3.88. The van der Waals surface area contributed by atoms with Crippen molar-refractivity contribution in [3.63, 3.8) is 0 Å². The molecule has 0 saturated heterocycles. The molecule has 1 aliphatic rings. The lowest BCUT2D eigenvalue weighted by molar-refractivity contribution is 0.674. The van der Waals surface area contributed by atoms with E-state index in [2.05, 4.69) is 205 Å². The summed E-state index contributed by atoms with van der Waals surface area (Å²) in [5, 5.41) is 7.25. The van der Waals surface area contributed by atoms with Crippen molar-refractivity contribution >= 4 is 87.4 Å². The van der Waals surface area contributed by atoms with Crippen molar-refractivity contribution in [1.82, 2.24) is 0 Å². The zero-order valence-corrected chi connectivity index (χ0v) is 33.0. The summed E-state index contributed by atoms with van der Waals surface area (Å²) in [7, 11) is 0. The lowest BCUT2D eigenvalue weighted by Crippen LogP contribution is -2.09. The van der Waals surface area contributed by atoms with Crippen LogP contribution < -0.4 is 4.90 Å². The average molecular weight is 772 g/mol. The van der Waals surface area contributed by atoms with Gasteiger partial charge in [0.2, 0.25) is 0 Å². The Hall–Kier alpha value is -7.20. The van der Waals surface area contributed by atoms with E-state index in [0.29, 0.717) is 0 Å². The molecule has 278 valence electrons. The van der Waals surface area contributed by atoms with Crippen molar-refractivity contribution in [2.45, 2.75) is 12.8 Å². The highest BCUT2D eigenvalue weighted by molar-refractivity contribution is 7.25. The first kappa shape index (κ1) is 33.9. The van der Waals surface area contributed by atoms with Gasteiger partial charge in [0, 0.05) is 59.0 Å². The molecule has 12 rings (SSSR count). The smallest absolute Gasteiger partial charge is 0.143 e. The number of anilines is 3. The van der Waals surface area contributed by atoms with E-state index in [9.17, 15) is 0 Å². The first-order valence-electron chi connectivity index (χ1n) is 20.4. The van der Waals surface area contributed by atoms with Gasteiger partial charge in [0.15, 0.2) is 0 Å². The minimum Gasteiger partial charge on any atom is -0.455 e. The normalized spacial score (nSPS) is 12.5. The molecule has 0 amide bonds. The van der Waals surface area contributed by atoms with E-state index in [4.69, 9.17) is 4.42 Å². The number of rotatable bonds is 6. The zero-order valence-electron chi connectivity index (χ0n) is 32.2. The Bertz CT molecular complexity index is 3430. The largest absolute Gasteiger partial charge is 0.455 e. The van der Waals surface area contributed by atoms with Gasteiger partial charge in [0.25, 0.3) is 0 Å². The molecular weight excluding hydrogens is 735 g/mol. The summed E-state index contributed by atoms with van der Waals surface area (Å²) in [4.78, 5) is 2.33. The zero-order chi connectivity index (χ0) is 38.9. The second-order valence-electron chi connectivity index (χ2n) is 15.6. The highest BCUT2D eigenvalue weighted by Crippen LogP contribution is 2.44. The van der Waals surface area contributed by atoms with Gasteiger partial charge in [-0.05, 0) is 124 Å². The molecule has 2 nitrogen and oxygen atoms in total. The van der Waals surface area contributed by atoms with Crippen LogP contribution in [-0.2, 0) is 6.42 Å². The molecule has 0 fully saturated rings. The molecule has 0 aliphatic heterocycles. The summed E-state index contributed by atoms with van der Waals surface area (Å²) in [6, 6.07) is 68.6. The number of aryl methyl sites for hydroxylation is 1. The number of nitrogens with zero attached hydrogens (tertiary/aromatic N) is 1. The van der Waals surface area contributed by atoms with Crippen molar-refractivity contribution in [2.24, 2.45) is 0 Å². The van der Waals surface area contributed by atoms with Crippen LogP contribution in [-0.4, -0.2) is 0 Å². The van der Waals surface area contributed by atoms with E-state index in [1.165, 1.54) is 58.9 Å². The summed E-state index contributed by atoms with van der Waals surface area (Å²) in [6.07, 6.45) is 6.78. The predicted molar refractivity (Wildman–Crippen MR) is 252 cm³/mol. The van der Waals surface area contributed by atoms with Crippen LogP contribution in [0.4, 0.5) is 17.1 Å². The minimum absolute atomic E-state index is 0.912. The summed E-state index contributed by atoms with van der Waals surface area (Å²) < 4.78 is 9.57. The lowest BCUT2D eigenvalue weighted by atomic mass is 9.90. The molecule has 0 spiro atoms.